The summed E-state index contributed by atoms with van der Waals surface area (Å²) in [4.78, 5) is 6.95. The van der Waals surface area contributed by atoms with Crippen LogP contribution in [0.4, 0.5) is 5.82 Å². The molecule has 0 bridgehead atoms. The van der Waals surface area contributed by atoms with Crippen molar-refractivity contribution < 1.29 is 18.9 Å². The number of aromatic nitrogens is 1. The maximum atomic E-state index is 6.60. The predicted molar refractivity (Wildman–Crippen MR) is 106 cm³/mol. The zero-order valence-corrected chi connectivity index (χ0v) is 16.6. The zero-order valence-electron chi connectivity index (χ0n) is 15.8. The predicted octanol–water partition coefficient (Wildman–Crippen LogP) is 2.67. The van der Waals surface area contributed by atoms with E-state index in [1.54, 1.807) is 14.2 Å². The van der Waals surface area contributed by atoms with Crippen molar-refractivity contribution in [3.63, 3.8) is 0 Å². The number of anilines is 1. The second-order valence-electron chi connectivity index (χ2n) is 6.21. The number of fused-ring (bicyclic) bond motifs is 1. The van der Waals surface area contributed by atoms with E-state index in [1.165, 1.54) is 0 Å². The molecule has 2 heterocycles. The molecule has 0 saturated carbocycles. The van der Waals surface area contributed by atoms with Crippen LogP contribution in [0.2, 0.25) is 5.02 Å². The minimum Gasteiger partial charge on any atom is -0.496 e. The normalized spacial score (nSPS) is 15.1. The lowest BCUT2D eigenvalue weighted by atomic mass is 10.2. The summed E-state index contributed by atoms with van der Waals surface area (Å²) < 4.78 is 21.9. The number of rotatable bonds is 9. The second-order valence-corrected chi connectivity index (χ2v) is 6.58. The summed E-state index contributed by atoms with van der Waals surface area (Å²) in [5, 5.41) is 4.55. The molecular weight excluding hydrogens is 370 g/mol. The Kier molecular flexibility index (Phi) is 7.34. The third-order valence-corrected chi connectivity index (χ3v) is 4.81. The van der Waals surface area contributed by atoms with Crippen molar-refractivity contribution in [2.45, 2.75) is 0 Å². The molecule has 1 aliphatic heterocycles. The number of nitrogens with one attached hydrogen (secondary N) is 1. The summed E-state index contributed by atoms with van der Waals surface area (Å²) in [5.41, 5.74) is 0.653. The Bertz CT molecular complexity index is 753. The molecule has 1 aromatic carbocycles. The van der Waals surface area contributed by atoms with E-state index >= 15 is 0 Å². The Labute approximate surface area is 164 Å². The standard InChI is InChI=1S/C19H26ClN3O4/c1-24-9-5-21-17-13-16(25-2)14-3-4-15(18(20)19(14)22-17)27-12-8-23-6-10-26-11-7-23/h3-4,13H,5-12H2,1-2H3,(H,21,22). The smallest absolute Gasteiger partial charge is 0.140 e. The molecule has 0 amide bonds. The molecule has 0 aliphatic carbocycles. The molecule has 0 atom stereocenters. The number of hydrogen-bond donors (Lipinski definition) is 1. The molecule has 7 nitrogen and oxygen atoms in total. The van der Waals surface area contributed by atoms with Crippen LogP contribution >= 0.6 is 11.6 Å². The average Bonchev–Trinajstić information content (AvgIpc) is 2.70. The van der Waals surface area contributed by atoms with E-state index in [0.29, 0.717) is 47.6 Å². The van der Waals surface area contributed by atoms with Gasteiger partial charge in [-0.25, -0.2) is 4.98 Å². The van der Waals surface area contributed by atoms with Gasteiger partial charge in [0.15, 0.2) is 0 Å². The highest BCUT2D eigenvalue weighted by Gasteiger charge is 2.15. The van der Waals surface area contributed by atoms with Crippen LogP contribution in [0, 0.1) is 0 Å². The Morgan fingerprint density at radius 1 is 1.19 bits per heavy atom. The molecule has 1 aromatic heterocycles. The lowest BCUT2D eigenvalue weighted by Crippen LogP contribution is -2.38. The molecule has 1 saturated heterocycles. The van der Waals surface area contributed by atoms with Gasteiger partial charge in [0.1, 0.15) is 28.9 Å². The van der Waals surface area contributed by atoms with E-state index in [2.05, 4.69) is 15.2 Å². The van der Waals surface area contributed by atoms with Gasteiger partial charge in [0, 0.05) is 44.7 Å². The maximum absolute atomic E-state index is 6.60. The summed E-state index contributed by atoms with van der Waals surface area (Å²) in [6.07, 6.45) is 0. The zero-order chi connectivity index (χ0) is 19.1. The number of ether oxygens (including phenoxy) is 4. The first-order valence-electron chi connectivity index (χ1n) is 9.06. The van der Waals surface area contributed by atoms with Crippen LogP contribution < -0.4 is 14.8 Å². The molecule has 3 rings (SSSR count). The number of nitrogens with zero attached hydrogens (tertiary/aromatic N) is 2. The van der Waals surface area contributed by atoms with Crippen LogP contribution in [-0.2, 0) is 9.47 Å². The van der Waals surface area contributed by atoms with E-state index in [-0.39, 0.29) is 0 Å². The summed E-state index contributed by atoms with van der Waals surface area (Å²) in [6, 6.07) is 5.65. The summed E-state index contributed by atoms with van der Waals surface area (Å²) in [7, 11) is 3.29. The minimum atomic E-state index is 0.489. The molecule has 1 aliphatic rings. The molecule has 148 valence electrons. The van der Waals surface area contributed by atoms with Crippen LogP contribution in [0.5, 0.6) is 11.5 Å². The van der Waals surface area contributed by atoms with Gasteiger partial charge in [0.05, 0.1) is 32.4 Å². The van der Waals surface area contributed by atoms with Crippen molar-refractivity contribution in [1.82, 2.24) is 9.88 Å². The first kappa shape index (κ1) is 19.9. The van der Waals surface area contributed by atoms with Crippen molar-refractivity contribution in [3.05, 3.63) is 23.2 Å². The van der Waals surface area contributed by atoms with Gasteiger partial charge in [-0.3, -0.25) is 4.90 Å². The number of hydrogen-bond acceptors (Lipinski definition) is 7. The van der Waals surface area contributed by atoms with Crippen molar-refractivity contribution in [1.29, 1.82) is 0 Å². The third kappa shape index (κ3) is 5.13. The fourth-order valence-corrected chi connectivity index (χ4v) is 3.23. The molecular formula is C19H26ClN3O4. The lowest BCUT2D eigenvalue weighted by molar-refractivity contribution is 0.0322. The van der Waals surface area contributed by atoms with E-state index in [1.807, 2.05) is 18.2 Å². The molecule has 27 heavy (non-hydrogen) atoms. The Morgan fingerprint density at radius 2 is 2.00 bits per heavy atom. The highest BCUT2D eigenvalue weighted by atomic mass is 35.5. The van der Waals surface area contributed by atoms with E-state index in [9.17, 15) is 0 Å². The first-order chi connectivity index (χ1) is 13.2. The van der Waals surface area contributed by atoms with Crippen LogP contribution in [0.25, 0.3) is 10.9 Å². The van der Waals surface area contributed by atoms with Crippen molar-refractivity contribution in [2.75, 3.05) is 72.1 Å². The second kappa shape index (κ2) is 9.94. The fourth-order valence-electron chi connectivity index (χ4n) is 2.97. The topological polar surface area (TPSA) is 65.1 Å². The first-order valence-corrected chi connectivity index (χ1v) is 9.43. The molecule has 8 heteroatoms. The Hall–Kier alpha value is -1.80. The Morgan fingerprint density at radius 3 is 2.74 bits per heavy atom. The van der Waals surface area contributed by atoms with Gasteiger partial charge < -0.3 is 24.3 Å². The van der Waals surface area contributed by atoms with Gasteiger partial charge in [-0.2, -0.15) is 0 Å². The van der Waals surface area contributed by atoms with Gasteiger partial charge >= 0.3 is 0 Å². The summed E-state index contributed by atoms with van der Waals surface area (Å²) >= 11 is 6.60. The SMILES string of the molecule is COCCNc1cc(OC)c2ccc(OCCN3CCOCC3)c(Cl)c2n1. The van der Waals surface area contributed by atoms with Crippen molar-refractivity contribution in [3.8, 4) is 11.5 Å². The maximum Gasteiger partial charge on any atom is 0.140 e. The van der Waals surface area contributed by atoms with E-state index in [4.69, 9.17) is 30.5 Å². The average molecular weight is 396 g/mol. The van der Waals surface area contributed by atoms with Crippen LogP contribution in [-0.4, -0.2) is 76.7 Å². The minimum absolute atomic E-state index is 0.489. The van der Waals surface area contributed by atoms with Gasteiger partial charge in [0.25, 0.3) is 0 Å². The van der Waals surface area contributed by atoms with Crippen molar-refractivity contribution in [2.24, 2.45) is 0 Å². The molecule has 2 aromatic rings. The van der Waals surface area contributed by atoms with Gasteiger partial charge in [-0.1, -0.05) is 11.6 Å². The molecule has 0 unspecified atom stereocenters. The third-order valence-electron chi connectivity index (χ3n) is 4.45. The van der Waals surface area contributed by atoms with Crippen LogP contribution in [0.15, 0.2) is 18.2 Å². The fraction of sp³-hybridized carbons (Fsp3) is 0.526. The largest absolute Gasteiger partial charge is 0.496 e. The number of halogens is 1. The van der Waals surface area contributed by atoms with Crippen LogP contribution in [0.3, 0.4) is 0 Å². The van der Waals surface area contributed by atoms with E-state index in [0.717, 1.165) is 38.2 Å². The number of benzene rings is 1. The van der Waals surface area contributed by atoms with Crippen LogP contribution in [0.1, 0.15) is 0 Å². The van der Waals surface area contributed by atoms with Gasteiger partial charge in [-0.05, 0) is 12.1 Å². The quantitative estimate of drug-likeness (QED) is 0.655. The molecule has 1 N–H and O–H groups in total. The number of methoxy groups -OCH3 is 2. The van der Waals surface area contributed by atoms with Gasteiger partial charge in [0.2, 0.25) is 0 Å². The highest BCUT2D eigenvalue weighted by molar-refractivity contribution is 6.36. The summed E-state index contributed by atoms with van der Waals surface area (Å²) in [5.74, 6) is 2.02. The monoisotopic (exact) mass is 395 g/mol. The number of pyridine rings is 1. The highest BCUT2D eigenvalue weighted by Crippen LogP contribution is 2.37. The lowest BCUT2D eigenvalue weighted by Gasteiger charge is -2.26. The number of morpholine rings is 1. The summed E-state index contributed by atoms with van der Waals surface area (Å²) in [6.45, 7) is 6.06. The molecule has 0 spiro atoms. The molecule has 0 radical (unpaired) electrons. The Balaban J connectivity index is 1.74. The molecule has 1 fully saturated rings. The van der Waals surface area contributed by atoms with Crippen molar-refractivity contribution >= 4 is 28.3 Å². The van der Waals surface area contributed by atoms with Gasteiger partial charge in [-0.15, -0.1) is 0 Å². The van der Waals surface area contributed by atoms with E-state index < -0.39 is 0 Å².